The summed E-state index contributed by atoms with van der Waals surface area (Å²) in [4.78, 5) is 23.5. The van der Waals surface area contributed by atoms with Crippen LogP contribution in [-0.2, 0) is 4.79 Å². The first-order valence-corrected chi connectivity index (χ1v) is 6.87. The Bertz CT molecular complexity index is 1020. The maximum absolute atomic E-state index is 12.4. The number of aromatic hydroxyl groups is 3. The first kappa shape index (κ1) is 15.4. The van der Waals surface area contributed by atoms with Crippen molar-refractivity contribution in [1.29, 1.82) is 0 Å². The normalized spacial score (nSPS) is 10.7. The first-order valence-electron chi connectivity index (χ1n) is 6.87. The molecule has 3 aromatic rings. The number of carbonyl (C=O) groups is 1. The van der Waals surface area contributed by atoms with Gasteiger partial charge in [-0.05, 0) is 18.2 Å². The van der Waals surface area contributed by atoms with E-state index in [1.54, 1.807) is 0 Å². The van der Waals surface area contributed by atoms with E-state index in [4.69, 9.17) is 9.15 Å². The molecule has 1 heterocycles. The minimum atomic E-state index is -0.645. The molecule has 3 rings (SSSR count). The standard InChI is InChI=1S/C17H12O7/c1-8(18)23-15-5-10(19)6-16-17(15)13(22)7-14(24-16)9-2-3-11(20)12(21)4-9/h2-7,19-21H,1H3. The zero-order valence-corrected chi connectivity index (χ0v) is 12.4. The summed E-state index contributed by atoms with van der Waals surface area (Å²) in [5.74, 6) is -1.56. The van der Waals surface area contributed by atoms with E-state index < -0.39 is 11.4 Å². The predicted octanol–water partition coefficient (Wildman–Crippen LogP) is 2.50. The van der Waals surface area contributed by atoms with Crippen LogP contribution in [0.15, 0.2) is 45.6 Å². The minimum Gasteiger partial charge on any atom is -0.508 e. The van der Waals surface area contributed by atoms with E-state index in [1.807, 2.05) is 0 Å². The lowest BCUT2D eigenvalue weighted by atomic mass is 10.1. The highest BCUT2D eigenvalue weighted by Gasteiger charge is 2.15. The Morgan fingerprint density at radius 1 is 1.04 bits per heavy atom. The van der Waals surface area contributed by atoms with E-state index in [9.17, 15) is 24.9 Å². The third-order valence-corrected chi connectivity index (χ3v) is 3.29. The maximum atomic E-state index is 12.4. The molecule has 0 saturated heterocycles. The van der Waals surface area contributed by atoms with Crippen molar-refractivity contribution in [3.63, 3.8) is 0 Å². The molecule has 0 atom stereocenters. The fourth-order valence-electron chi connectivity index (χ4n) is 2.29. The Hall–Kier alpha value is -3.48. The number of fused-ring (bicyclic) bond motifs is 1. The molecule has 7 heteroatoms. The molecule has 2 aromatic carbocycles. The summed E-state index contributed by atoms with van der Waals surface area (Å²) < 4.78 is 10.5. The second-order valence-electron chi connectivity index (χ2n) is 5.09. The number of ether oxygens (including phenoxy) is 1. The van der Waals surface area contributed by atoms with Crippen molar-refractivity contribution in [1.82, 2.24) is 0 Å². The molecule has 122 valence electrons. The highest BCUT2D eigenvalue weighted by Crippen LogP contribution is 2.34. The highest BCUT2D eigenvalue weighted by atomic mass is 16.5. The van der Waals surface area contributed by atoms with Crippen molar-refractivity contribution in [3.05, 3.63) is 46.6 Å². The van der Waals surface area contributed by atoms with Gasteiger partial charge in [-0.2, -0.15) is 0 Å². The van der Waals surface area contributed by atoms with Crippen LogP contribution in [0.1, 0.15) is 6.92 Å². The number of carbonyl (C=O) groups excluding carboxylic acids is 1. The second-order valence-corrected chi connectivity index (χ2v) is 5.09. The Labute approximate surface area is 135 Å². The molecule has 24 heavy (non-hydrogen) atoms. The zero-order valence-electron chi connectivity index (χ0n) is 12.4. The van der Waals surface area contributed by atoms with Gasteiger partial charge in [0.1, 0.15) is 28.2 Å². The van der Waals surface area contributed by atoms with Gasteiger partial charge in [-0.3, -0.25) is 9.59 Å². The van der Waals surface area contributed by atoms with Gasteiger partial charge in [0.25, 0.3) is 0 Å². The Kier molecular flexibility index (Phi) is 3.61. The Balaban J connectivity index is 2.25. The average Bonchev–Trinajstić information content (AvgIpc) is 2.48. The average molecular weight is 328 g/mol. The molecule has 0 unspecified atom stereocenters. The molecular weight excluding hydrogens is 316 g/mol. The number of rotatable bonds is 2. The van der Waals surface area contributed by atoms with Crippen molar-refractivity contribution in [2.45, 2.75) is 6.92 Å². The molecular formula is C17H12O7. The molecule has 0 aliphatic rings. The van der Waals surface area contributed by atoms with E-state index in [-0.39, 0.29) is 39.7 Å². The molecule has 1 aromatic heterocycles. The molecule has 7 nitrogen and oxygen atoms in total. The van der Waals surface area contributed by atoms with Gasteiger partial charge in [0.2, 0.25) is 0 Å². The van der Waals surface area contributed by atoms with Crippen molar-refractivity contribution >= 4 is 16.9 Å². The number of esters is 1. The van der Waals surface area contributed by atoms with Crippen molar-refractivity contribution in [3.8, 4) is 34.3 Å². The molecule has 0 aliphatic carbocycles. The van der Waals surface area contributed by atoms with Gasteiger partial charge >= 0.3 is 5.97 Å². The number of phenols is 3. The summed E-state index contributed by atoms with van der Waals surface area (Å²) in [5, 5.41) is 28.7. The smallest absolute Gasteiger partial charge is 0.308 e. The lowest BCUT2D eigenvalue weighted by Gasteiger charge is -2.08. The van der Waals surface area contributed by atoms with Gasteiger partial charge < -0.3 is 24.5 Å². The van der Waals surface area contributed by atoms with Crippen molar-refractivity contribution in [2.24, 2.45) is 0 Å². The molecule has 0 radical (unpaired) electrons. The van der Waals surface area contributed by atoms with E-state index in [0.717, 1.165) is 12.1 Å². The summed E-state index contributed by atoms with van der Waals surface area (Å²) in [6.45, 7) is 1.17. The van der Waals surface area contributed by atoms with E-state index >= 15 is 0 Å². The predicted molar refractivity (Wildman–Crippen MR) is 84.2 cm³/mol. The van der Waals surface area contributed by atoms with E-state index in [2.05, 4.69) is 0 Å². The summed E-state index contributed by atoms with van der Waals surface area (Å²) in [6.07, 6.45) is 0. The Morgan fingerprint density at radius 2 is 1.79 bits per heavy atom. The van der Waals surface area contributed by atoms with Crippen LogP contribution < -0.4 is 10.2 Å². The molecule has 3 N–H and O–H groups in total. The number of hydrogen-bond acceptors (Lipinski definition) is 7. The zero-order chi connectivity index (χ0) is 17.4. The van der Waals surface area contributed by atoms with Crippen LogP contribution in [-0.4, -0.2) is 21.3 Å². The van der Waals surface area contributed by atoms with Crippen LogP contribution in [0, 0.1) is 0 Å². The summed E-state index contributed by atoms with van der Waals surface area (Å²) in [5.41, 5.74) is -0.127. The summed E-state index contributed by atoms with van der Waals surface area (Å²) in [6, 6.07) is 7.46. The molecule has 0 spiro atoms. The fourth-order valence-corrected chi connectivity index (χ4v) is 2.29. The van der Waals surface area contributed by atoms with Gasteiger partial charge in [0, 0.05) is 30.7 Å². The Morgan fingerprint density at radius 3 is 2.46 bits per heavy atom. The highest BCUT2D eigenvalue weighted by molar-refractivity contribution is 5.88. The van der Waals surface area contributed by atoms with Crippen LogP contribution >= 0.6 is 0 Å². The van der Waals surface area contributed by atoms with Gasteiger partial charge in [-0.25, -0.2) is 0 Å². The minimum absolute atomic E-state index is 0.00903. The molecule has 0 saturated carbocycles. The van der Waals surface area contributed by atoms with E-state index in [1.165, 1.54) is 31.2 Å². The maximum Gasteiger partial charge on any atom is 0.308 e. The third-order valence-electron chi connectivity index (χ3n) is 3.29. The molecule has 0 fully saturated rings. The number of hydrogen-bond donors (Lipinski definition) is 3. The van der Waals surface area contributed by atoms with Crippen LogP contribution in [0.3, 0.4) is 0 Å². The lowest BCUT2D eigenvalue weighted by molar-refractivity contribution is -0.131. The monoisotopic (exact) mass is 328 g/mol. The number of benzene rings is 2. The van der Waals surface area contributed by atoms with Crippen LogP contribution in [0.5, 0.6) is 23.0 Å². The van der Waals surface area contributed by atoms with Crippen LogP contribution in [0.4, 0.5) is 0 Å². The van der Waals surface area contributed by atoms with Crippen molar-refractivity contribution in [2.75, 3.05) is 0 Å². The van der Waals surface area contributed by atoms with Gasteiger partial charge in [-0.1, -0.05) is 0 Å². The number of phenolic OH excluding ortho intramolecular Hbond substituents is 3. The summed E-state index contributed by atoms with van der Waals surface area (Å²) in [7, 11) is 0. The fraction of sp³-hybridized carbons (Fsp3) is 0.0588. The lowest BCUT2D eigenvalue weighted by Crippen LogP contribution is -2.07. The molecule has 0 aliphatic heterocycles. The first-order chi connectivity index (χ1) is 11.3. The van der Waals surface area contributed by atoms with Gasteiger partial charge in [0.05, 0.1) is 0 Å². The molecule has 0 amide bonds. The van der Waals surface area contributed by atoms with Crippen molar-refractivity contribution < 1.29 is 29.3 Å². The SMILES string of the molecule is CC(=O)Oc1cc(O)cc2oc(-c3ccc(O)c(O)c3)cc(=O)c12. The van der Waals surface area contributed by atoms with E-state index in [0.29, 0.717) is 5.56 Å². The topological polar surface area (TPSA) is 117 Å². The largest absolute Gasteiger partial charge is 0.508 e. The molecule has 0 bridgehead atoms. The quantitative estimate of drug-likeness (QED) is 0.376. The second kappa shape index (κ2) is 5.62. The van der Waals surface area contributed by atoms with Crippen LogP contribution in [0.2, 0.25) is 0 Å². The van der Waals surface area contributed by atoms with Gasteiger partial charge in [-0.15, -0.1) is 0 Å². The van der Waals surface area contributed by atoms with Crippen LogP contribution in [0.25, 0.3) is 22.3 Å². The third kappa shape index (κ3) is 2.74. The van der Waals surface area contributed by atoms with Gasteiger partial charge in [0.15, 0.2) is 16.9 Å². The summed E-state index contributed by atoms with van der Waals surface area (Å²) >= 11 is 0.